The summed E-state index contributed by atoms with van der Waals surface area (Å²) in [7, 11) is -0.775. The van der Waals surface area contributed by atoms with Crippen molar-refractivity contribution in [2.24, 2.45) is 5.92 Å². The Balaban J connectivity index is 1.54. The van der Waals surface area contributed by atoms with Crippen LogP contribution in [0.1, 0.15) is 12.8 Å². The van der Waals surface area contributed by atoms with Gasteiger partial charge in [-0.3, -0.25) is 9.59 Å². The van der Waals surface area contributed by atoms with Crippen molar-refractivity contribution in [3.63, 3.8) is 0 Å². The van der Waals surface area contributed by atoms with Crippen LogP contribution in [0.4, 0.5) is 5.69 Å². The van der Waals surface area contributed by atoms with Crippen molar-refractivity contribution in [1.82, 2.24) is 9.29 Å². The Labute approximate surface area is 191 Å². The zero-order valence-electron chi connectivity index (χ0n) is 18.3. The minimum Gasteiger partial charge on any atom is -0.497 e. The number of ether oxygens (including phenoxy) is 2. The Kier molecular flexibility index (Phi) is 6.39. The maximum absolute atomic E-state index is 13.3. The number of aromatic amines is 1. The van der Waals surface area contributed by atoms with Gasteiger partial charge < -0.3 is 19.8 Å². The first kappa shape index (κ1) is 22.8. The number of piperidine rings is 1. The fraction of sp³-hybridized carbons (Fsp3) is 0.304. The maximum atomic E-state index is 13.3. The molecule has 2 aromatic carbocycles. The number of fused-ring (bicyclic) bond motifs is 1. The fourth-order valence-corrected chi connectivity index (χ4v) is 5.52. The van der Waals surface area contributed by atoms with E-state index in [2.05, 4.69) is 10.3 Å². The summed E-state index contributed by atoms with van der Waals surface area (Å²) in [5.41, 5.74) is 0.769. The average molecular weight is 472 g/mol. The van der Waals surface area contributed by atoms with Crippen LogP contribution >= 0.6 is 0 Å². The van der Waals surface area contributed by atoms with Crippen molar-refractivity contribution in [3.05, 3.63) is 58.9 Å². The summed E-state index contributed by atoms with van der Waals surface area (Å²) in [6, 6.07) is 12.6. The summed E-state index contributed by atoms with van der Waals surface area (Å²) in [5, 5.41) is 3.47. The minimum absolute atomic E-state index is 0.0735. The zero-order valence-corrected chi connectivity index (χ0v) is 19.1. The smallest absolute Gasteiger partial charge is 0.248 e. The van der Waals surface area contributed by atoms with E-state index in [1.165, 1.54) is 36.7 Å². The molecule has 1 amide bonds. The highest BCUT2D eigenvalue weighted by molar-refractivity contribution is 7.89. The highest BCUT2D eigenvalue weighted by Gasteiger charge is 2.33. The highest BCUT2D eigenvalue weighted by atomic mass is 32.2. The standard InChI is InChI=1S/C23H25N3O6S/c1-31-17-6-9-21(32-2)20(13-17)25-23(28)16-4-3-11-26(14-16)33(29,30)18-7-8-19-15(12-18)5-10-22(27)24-19/h5-10,12-13,16H,3-4,11,14H2,1-2H3,(H,24,27)(H,25,28)/t16-/m1/s1. The Morgan fingerprint density at radius 1 is 1.09 bits per heavy atom. The monoisotopic (exact) mass is 471 g/mol. The van der Waals surface area contributed by atoms with Crippen LogP contribution < -0.4 is 20.3 Å². The molecular formula is C23H25N3O6S. The first-order valence-electron chi connectivity index (χ1n) is 10.5. The van der Waals surface area contributed by atoms with Crippen LogP contribution in [-0.2, 0) is 14.8 Å². The van der Waals surface area contributed by atoms with Crippen molar-refractivity contribution < 1.29 is 22.7 Å². The SMILES string of the molecule is COc1ccc(OC)c(NC(=O)[C@@H]2CCCN(S(=O)(=O)c3ccc4[nH]c(=O)ccc4c3)C2)c1. The van der Waals surface area contributed by atoms with Crippen LogP contribution in [0.5, 0.6) is 11.5 Å². The number of H-pyrrole nitrogens is 1. The number of amides is 1. The molecule has 2 N–H and O–H groups in total. The molecule has 0 unspecified atom stereocenters. The van der Waals surface area contributed by atoms with Gasteiger partial charge in [-0.15, -0.1) is 0 Å². The zero-order chi connectivity index (χ0) is 23.6. The number of hydrogen-bond donors (Lipinski definition) is 2. The van der Waals surface area contributed by atoms with Crippen LogP contribution in [0, 0.1) is 5.92 Å². The van der Waals surface area contributed by atoms with Gasteiger partial charge in [-0.05, 0) is 54.6 Å². The van der Waals surface area contributed by atoms with Crippen LogP contribution in [-0.4, -0.2) is 50.9 Å². The Morgan fingerprint density at radius 3 is 2.67 bits per heavy atom. The molecule has 33 heavy (non-hydrogen) atoms. The molecule has 1 aliphatic heterocycles. The number of nitrogens with one attached hydrogen (secondary N) is 2. The van der Waals surface area contributed by atoms with E-state index < -0.39 is 15.9 Å². The molecule has 1 atom stereocenters. The lowest BCUT2D eigenvalue weighted by Crippen LogP contribution is -2.43. The maximum Gasteiger partial charge on any atom is 0.248 e. The van der Waals surface area contributed by atoms with Crippen LogP contribution in [0.3, 0.4) is 0 Å². The number of hydrogen-bond acceptors (Lipinski definition) is 6. The van der Waals surface area contributed by atoms with Crippen molar-refractivity contribution in [3.8, 4) is 11.5 Å². The van der Waals surface area contributed by atoms with E-state index in [1.54, 1.807) is 30.3 Å². The quantitative estimate of drug-likeness (QED) is 0.571. The lowest BCUT2D eigenvalue weighted by molar-refractivity contribution is -0.120. The number of pyridine rings is 1. The minimum atomic E-state index is -3.81. The first-order valence-corrected chi connectivity index (χ1v) is 11.9. The van der Waals surface area contributed by atoms with E-state index in [-0.39, 0.29) is 22.9 Å². The second-order valence-corrected chi connectivity index (χ2v) is 9.77. The van der Waals surface area contributed by atoms with Gasteiger partial charge in [0, 0.05) is 30.7 Å². The number of benzene rings is 2. The summed E-state index contributed by atoms with van der Waals surface area (Å²) in [4.78, 5) is 27.3. The third-order valence-corrected chi connectivity index (χ3v) is 7.61. The summed E-state index contributed by atoms with van der Waals surface area (Å²) in [6.07, 6.45) is 1.14. The normalized spacial score (nSPS) is 17.0. The summed E-state index contributed by atoms with van der Waals surface area (Å²) < 4.78 is 38.5. The molecule has 3 aromatic rings. The molecule has 4 rings (SSSR count). The van der Waals surface area contributed by atoms with Gasteiger partial charge >= 0.3 is 0 Å². The van der Waals surface area contributed by atoms with Crippen molar-refractivity contribution in [2.45, 2.75) is 17.7 Å². The van der Waals surface area contributed by atoms with Crippen molar-refractivity contribution in [2.75, 3.05) is 32.6 Å². The van der Waals surface area contributed by atoms with E-state index in [4.69, 9.17) is 9.47 Å². The number of nitrogens with zero attached hydrogens (tertiary/aromatic N) is 1. The van der Waals surface area contributed by atoms with Gasteiger partial charge in [0.05, 0.1) is 30.7 Å². The number of carbonyl (C=O) groups excluding carboxylic acids is 1. The molecule has 2 heterocycles. The molecule has 0 aliphatic carbocycles. The molecule has 1 aromatic heterocycles. The predicted octanol–water partition coefficient (Wildman–Crippen LogP) is 2.58. The van der Waals surface area contributed by atoms with Crippen molar-refractivity contribution in [1.29, 1.82) is 0 Å². The van der Waals surface area contributed by atoms with E-state index >= 15 is 0 Å². The molecule has 0 saturated carbocycles. The lowest BCUT2D eigenvalue weighted by atomic mass is 9.98. The molecule has 10 heteroatoms. The second-order valence-electron chi connectivity index (χ2n) is 7.83. The molecule has 1 fully saturated rings. The van der Waals surface area contributed by atoms with E-state index in [9.17, 15) is 18.0 Å². The van der Waals surface area contributed by atoms with Crippen LogP contribution in [0.15, 0.2) is 58.2 Å². The van der Waals surface area contributed by atoms with Gasteiger partial charge in [0.1, 0.15) is 11.5 Å². The van der Waals surface area contributed by atoms with Crippen LogP contribution in [0.2, 0.25) is 0 Å². The van der Waals surface area contributed by atoms with Gasteiger partial charge in [0.25, 0.3) is 0 Å². The molecule has 9 nitrogen and oxygen atoms in total. The summed E-state index contributed by atoms with van der Waals surface area (Å²) >= 11 is 0. The van der Waals surface area contributed by atoms with Gasteiger partial charge in [-0.2, -0.15) is 4.31 Å². The van der Waals surface area contributed by atoms with Gasteiger partial charge in [-0.1, -0.05) is 0 Å². The van der Waals surface area contributed by atoms with Gasteiger partial charge in [-0.25, -0.2) is 8.42 Å². The molecule has 0 bridgehead atoms. The molecule has 0 spiro atoms. The largest absolute Gasteiger partial charge is 0.497 e. The molecule has 0 radical (unpaired) electrons. The van der Waals surface area contributed by atoms with Gasteiger partial charge in [0.2, 0.25) is 21.5 Å². The topological polar surface area (TPSA) is 118 Å². The third-order valence-electron chi connectivity index (χ3n) is 5.75. The number of sulfonamides is 1. The number of aromatic nitrogens is 1. The third kappa shape index (κ3) is 4.71. The molecular weight excluding hydrogens is 446 g/mol. The van der Waals surface area contributed by atoms with Gasteiger partial charge in [0.15, 0.2) is 0 Å². The van der Waals surface area contributed by atoms with Crippen LogP contribution in [0.25, 0.3) is 10.9 Å². The predicted molar refractivity (Wildman–Crippen MR) is 124 cm³/mol. The lowest BCUT2D eigenvalue weighted by Gasteiger charge is -2.31. The summed E-state index contributed by atoms with van der Waals surface area (Å²) in [6.45, 7) is 0.405. The summed E-state index contributed by atoms with van der Waals surface area (Å²) in [5.74, 6) is 0.258. The molecule has 1 aliphatic rings. The Morgan fingerprint density at radius 2 is 1.91 bits per heavy atom. The second kappa shape index (κ2) is 9.24. The number of rotatable bonds is 6. The highest BCUT2D eigenvalue weighted by Crippen LogP contribution is 2.31. The molecule has 1 saturated heterocycles. The number of methoxy groups -OCH3 is 2. The fourth-order valence-electron chi connectivity index (χ4n) is 3.96. The molecule has 174 valence electrons. The number of carbonyl (C=O) groups is 1. The first-order chi connectivity index (χ1) is 15.8. The van der Waals surface area contributed by atoms with E-state index in [1.807, 2.05) is 0 Å². The van der Waals surface area contributed by atoms with E-state index in [0.29, 0.717) is 47.5 Å². The van der Waals surface area contributed by atoms with Crippen molar-refractivity contribution >= 4 is 32.5 Å². The number of anilines is 1. The Bertz CT molecular complexity index is 1350. The Hall–Kier alpha value is -3.37. The average Bonchev–Trinajstić information content (AvgIpc) is 2.83. The van der Waals surface area contributed by atoms with E-state index in [0.717, 1.165) is 0 Å².